The van der Waals surface area contributed by atoms with E-state index in [1.165, 1.54) is 16.4 Å². The molecule has 0 bridgehead atoms. The number of halogens is 1. The lowest BCUT2D eigenvalue weighted by Crippen LogP contribution is -2.46. The van der Waals surface area contributed by atoms with Crippen LogP contribution in [0.2, 0.25) is 0 Å². The molecule has 1 N–H and O–H groups in total. The number of nitrogens with one attached hydrogen (secondary N) is 1. The molecule has 1 aromatic rings. The molecule has 1 aromatic carbocycles. The van der Waals surface area contributed by atoms with Gasteiger partial charge in [0.1, 0.15) is 11.9 Å². The number of carbonyl (C=O) groups excluding carboxylic acids is 1. The van der Waals surface area contributed by atoms with Crippen molar-refractivity contribution in [1.29, 1.82) is 0 Å². The number of unbranched alkanes of at least 4 members (excludes halogenated alkanes) is 1. The van der Waals surface area contributed by atoms with E-state index in [4.69, 9.17) is 0 Å². The van der Waals surface area contributed by atoms with Crippen molar-refractivity contribution in [3.8, 4) is 0 Å². The van der Waals surface area contributed by atoms with Crippen LogP contribution >= 0.6 is 0 Å². The van der Waals surface area contributed by atoms with Crippen LogP contribution in [0.5, 0.6) is 0 Å². The van der Waals surface area contributed by atoms with Crippen molar-refractivity contribution in [1.82, 2.24) is 9.62 Å². The topological polar surface area (TPSA) is 66.5 Å². The van der Waals surface area contributed by atoms with Gasteiger partial charge in [0, 0.05) is 13.1 Å². The number of hydrogen-bond donors (Lipinski definition) is 1. The molecule has 22 heavy (non-hydrogen) atoms. The molecule has 122 valence electrons. The van der Waals surface area contributed by atoms with Gasteiger partial charge in [0.25, 0.3) is 0 Å². The highest BCUT2D eigenvalue weighted by atomic mass is 32.2. The first kappa shape index (κ1) is 16.9. The molecule has 1 fully saturated rings. The van der Waals surface area contributed by atoms with E-state index >= 15 is 0 Å². The lowest BCUT2D eigenvalue weighted by atomic mass is 10.2. The molecule has 0 spiro atoms. The predicted molar refractivity (Wildman–Crippen MR) is 81.2 cm³/mol. The molecule has 1 heterocycles. The van der Waals surface area contributed by atoms with E-state index in [2.05, 4.69) is 5.32 Å². The van der Waals surface area contributed by atoms with Crippen molar-refractivity contribution >= 4 is 15.9 Å². The number of amides is 1. The number of benzene rings is 1. The van der Waals surface area contributed by atoms with Crippen molar-refractivity contribution in [3.63, 3.8) is 0 Å². The van der Waals surface area contributed by atoms with Crippen LogP contribution in [-0.2, 0) is 14.8 Å². The average molecular weight is 328 g/mol. The Balaban J connectivity index is 2.15. The minimum atomic E-state index is -3.77. The molecule has 1 amide bonds. The van der Waals surface area contributed by atoms with Gasteiger partial charge in [-0.1, -0.05) is 13.3 Å². The monoisotopic (exact) mass is 328 g/mol. The molecule has 0 aliphatic carbocycles. The summed E-state index contributed by atoms with van der Waals surface area (Å²) < 4.78 is 39.4. The van der Waals surface area contributed by atoms with Gasteiger partial charge in [0.15, 0.2) is 0 Å². The van der Waals surface area contributed by atoms with Gasteiger partial charge in [-0.15, -0.1) is 0 Å². The summed E-state index contributed by atoms with van der Waals surface area (Å²) in [6.07, 6.45) is 2.98. The number of hydrogen-bond acceptors (Lipinski definition) is 3. The van der Waals surface area contributed by atoms with Gasteiger partial charge in [0.2, 0.25) is 15.9 Å². The molecule has 0 radical (unpaired) electrons. The molecule has 0 aromatic heterocycles. The van der Waals surface area contributed by atoms with Crippen molar-refractivity contribution in [2.45, 2.75) is 43.5 Å². The first-order chi connectivity index (χ1) is 10.5. The Morgan fingerprint density at radius 1 is 1.36 bits per heavy atom. The summed E-state index contributed by atoms with van der Waals surface area (Å²) in [4.78, 5) is 12.2. The number of sulfonamides is 1. The minimum Gasteiger partial charge on any atom is -0.355 e. The molecule has 1 aliphatic rings. The lowest BCUT2D eigenvalue weighted by molar-refractivity contribution is -0.124. The zero-order valence-corrected chi connectivity index (χ0v) is 13.4. The third-order valence-corrected chi connectivity index (χ3v) is 5.68. The molecule has 1 saturated heterocycles. The number of carbonyl (C=O) groups is 1. The van der Waals surface area contributed by atoms with Gasteiger partial charge >= 0.3 is 0 Å². The second-order valence-corrected chi connectivity index (χ2v) is 7.26. The SMILES string of the molecule is CCCCNC(=O)[C@@H]1CCCN1S(=O)(=O)c1ccc(F)cc1. The molecule has 0 unspecified atom stereocenters. The highest BCUT2D eigenvalue weighted by Crippen LogP contribution is 2.26. The maximum Gasteiger partial charge on any atom is 0.243 e. The summed E-state index contributed by atoms with van der Waals surface area (Å²) in [5.41, 5.74) is 0. The van der Waals surface area contributed by atoms with Gasteiger partial charge in [-0.3, -0.25) is 4.79 Å². The van der Waals surface area contributed by atoms with Gasteiger partial charge in [-0.2, -0.15) is 4.31 Å². The second kappa shape index (κ2) is 7.19. The Morgan fingerprint density at radius 3 is 2.68 bits per heavy atom. The van der Waals surface area contributed by atoms with Crippen molar-refractivity contribution in [2.24, 2.45) is 0 Å². The maximum absolute atomic E-state index is 13.0. The van der Waals surface area contributed by atoms with Crippen LogP contribution in [0.3, 0.4) is 0 Å². The summed E-state index contributed by atoms with van der Waals surface area (Å²) in [6, 6.07) is 4.01. The van der Waals surface area contributed by atoms with Crippen molar-refractivity contribution in [3.05, 3.63) is 30.1 Å². The Labute approximate surface area is 130 Å². The van der Waals surface area contributed by atoms with Crippen LogP contribution in [0.1, 0.15) is 32.6 Å². The normalized spacial score (nSPS) is 19.3. The van der Waals surface area contributed by atoms with Crippen LogP contribution in [0, 0.1) is 5.82 Å². The number of rotatable bonds is 6. The fourth-order valence-electron chi connectivity index (χ4n) is 2.54. The zero-order valence-electron chi connectivity index (χ0n) is 12.6. The molecular formula is C15H21FN2O3S. The van der Waals surface area contributed by atoms with Crippen LogP contribution < -0.4 is 5.32 Å². The van der Waals surface area contributed by atoms with Crippen LogP contribution in [-0.4, -0.2) is 37.8 Å². The van der Waals surface area contributed by atoms with Gasteiger partial charge in [-0.05, 0) is 43.5 Å². The lowest BCUT2D eigenvalue weighted by Gasteiger charge is -2.23. The smallest absolute Gasteiger partial charge is 0.243 e. The molecule has 5 nitrogen and oxygen atoms in total. The first-order valence-electron chi connectivity index (χ1n) is 7.52. The summed E-state index contributed by atoms with van der Waals surface area (Å²) >= 11 is 0. The van der Waals surface area contributed by atoms with E-state index in [1.807, 2.05) is 6.92 Å². The van der Waals surface area contributed by atoms with Crippen molar-refractivity contribution < 1.29 is 17.6 Å². The Morgan fingerprint density at radius 2 is 2.05 bits per heavy atom. The van der Waals surface area contributed by atoms with Crippen LogP contribution in [0.15, 0.2) is 29.2 Å². The fourth-order valence-corrected chi connectivity index (χ4v) is 4.19. The van der Waals surface area contributed by atoms with Gasteiger partial charge in [-0.25, -0.2) is 12.8 Å². The Hall–Kier alpha value is -1.47. The van der Waals surface area contributed by atoms with Gasteiger partial charge < -0.3 is 5.32 Å². The summed E-state index contributed by atoms with van der Waals surface area (Å²) in [6.45, 7) is 2.88. The van der Waals surface area contributed by atoms with Gasteiger partial charge in [0.05, 0.1) is 4.90 Å². The molecular weight excluding hydrogens is 307 g/mol. The highest BCUT2D eigenvalue weighted by Gasteiger charge is 2.39. The van der Waals surface area contributed by atoms with E-state index in [0.717, 1.165) is 25.0 Å². The predicted octanol–water partition coefficient (Wildman–Crippen LogP) is 1.90. The summed E-state index contributed by atoms with van der Waals surface area (Å²) in [7, 11) is -3.77. The molecule has 1 aliphatic heterocycles. The molecule has 1 atom stereocenters. The third kappa shape index (κ3) is 3.64. The Bertz CT molecular complexity index is 616. The van der Waals surface area contributed by atoms with E-state index in [-0.39, 0.29) is 10.8 Å². The number of nitrogens with zero attached hydrogens (tertiary/aromatic N) is 1. The molecule has 0 saturated carbocycles. The summed E-state index contributed by atoms with van der Waals surface area (Å²) in [5.74, 6) is -0.745. The van der Waals surface area contributed by atoms with E-state index < -0.39 is 21.9 Å². The third-order valence-electron chi connectivity index (χ3n) is 3.76. The molecule has 2 rings (SSSR count). The van der Waals surface area contributed by atoms with E-state index in [9.17, 15) is 17.6 Å². The average Bonchev–Trinajstić information content (AvgIpc) is 2.98. The second-order valence-electron chi connectivity index (χ2n) is 5.37. The first-order valence-corrected chi connectivity index (χ1v) is 8.96. The minimum absolute atomic E-state index is 0.0159. The highest BCUT2D eigenvalue weighted by molar-refractivity contribution is 7.89. The van der Waals surface area contributed by atoms with Crippen LogP contribution in [0.25, 0.3) is 0 Å². The largest absolute Gasteiger partial charge is 0.355 e. The van der Waals surface area contributed by atoms with E-state index in [1.54, 1.807) is 0 Å². The standard InChI is InChI=1S/C15H21FN2O3S/c1-2-3-10-17-15(19)14-5-4-11-18(14)22(20,21)13-8-6-12(16)7-9-13/h6-9,14H,2-5,10-11H2,1H3,(H,17,19)/t14-/m0/s1. The van der Waals surface area contributed by atoms with E-state index in [0.29, 0.717) is 25.9 Å². The fraction of sp³-hybridized carbons (Fsp3) is 0.533. The van der Waals surface area contributed by atoms with Crippen molar-refractivity contribution in [2.75, 3.05) is 13.1 Å². The molecule has 7 heteroatoms. The maximum atomic E-state index is 13.0. The summed E-state index contributed by atoms with van der Waals surface area (Å²) in [5, 5.41) is 2.78. The Kier molecular flexibility index (Phi) is 5.52. The quantitative estimate of drug-likeness (QED) is 0.811. The van der Waals surface area contributed by atoms with Crippen LogP contribution in [0.4, 0.5) is 4.39 Å². The zero-order chi connectivity index (χ0) is 16.2.